The third kappa shape index (κ3) is 4.44. The Hall–Kier alpha value is -3.41. The van der Waals surface area contributed by atoms with Gasteiger partial charge < -0.3 is 4.90 Å². The molecule has 6 nitrogen and oxygen atoms in total. The third-order valence-electron chi connectivity index (χ3n) is 6.13. The Bertz CT molecular complexity index is 1140. The first-order valence-electron chi connectivity index (χ1n) is 11.3. The molecule has 0 bridgehead atoms. The van der Waals surface area contributed by atoms with Gasteiger partial charge in [0.1, 0.15) is 6.54 Å². The van der Waals surface area contributed by atoms with Crippen molar-refractivity contribution in [3.8, 4) is 16.9 Å². The summed E-state index contributed by atoms with van der Waals surface area (Å²) in [5.74, 6) is 0.500. The topological polar surface area (TPSA) is 67.2 Å². The van der Waals surface area contributed by atoms with Gasteiger partial charge in [-0.2, -0.15) is 0 Å². The van der Waals surface area contributed by atoms with Gasteiger partial charge in [0.05, 0.1) is 5.69 Å². The number of carbonyl (C=O) groups is 2. The number of hydrogen-bond donors (Lipinski definition) is 1. The molecule has 2 fully saturated rings. The lowest BCUT2D eigenvalue weighted by Gasteiger charge is -2.21. The van der Waals surface area contributed by atoms with Crippen LogP contribution in [0.3, 0.4) is 0 Å². The van der Waals surface area contributed by atoms with E-state index in [0.717, 1.165) is 48.2 Å². The molecular formula is C26H28N4O2. The molecule has 0 aliphatic heterocycles. The summed E-state index contributed by atoms with van der Waals surface area (Å²) in [6.45, 7) is 4.18. The first-order chi connectivity index (χ1) is 15.5. The molecule has 3 aromatic rings. The molecule has 2 aliphatic rings. The van der Waals surface area contributed by atoms with E-state index in [0.29, 0.717) is 5.95 Å². The second kappa shape index (κ2) is 8.26. The van der Waals surface area contributed by atoms with Crippen molar-refractivity contribution in [1.82, 2.24) is 14.5 Å². The van der Waals surface area contributed by atoms with Gasteiger partial charge in [-0.3, -0.25) is 19.5 Å². The van der Waals surface area contributed by atoms with Crippen LogP contribution in [0.5, 0.6) is 0 Å². The summed E-state index contributed by atoms with van der Waals surface area (Å²) >= 11 is 0. The maximum absolute atomic E-state index is 13.0. The number of aryl methyl sites for hydroxylation is 2. The van der Waals surface area contributed by atoms with Gasteiger partial charge in [0.25, 0.3) is 0 Å². The first kappa shape index (κ1) is 20.5. The molecule has 1 N–H and O–H groups in total. The Labute approximate surface area is 188 Å². The van der Waals surface area contributed by atoms with E-state index in [2.05, 4.69) is 24.4 Å². The number of nitrogens with one attached hydrogen (secondary N) is 1. The lowest BCUT2D eigenvalue weighted by Crippen LogP contribution is -2.40. The highest BCUT2D eigenvalue weighted by atomic mass is 16.2. The summed E-state index contributed by atoms with van der Waals surface area (Å²) in [5, 5.41) is 2.97. The number of aromatic nitrogens is 2. The molecule has 164 valence electrons. The molecule has 5 rings (SSSR count). The monoisotopic (exact) mass is 428 g/mol. The van der Waals surface area contributed by atoms with E-state index in [4.69, 9.17) is 4.98 Å². The highest BCUT2D eigenvalue weighted by molar-refractivity contribution is 5.94. The fourth-order valence-corrected chi connectivity index (χ4v) is 3.89. The number of imidazole rings is 1. The molecule has 32 heavy (non-hydrogen) atoms. The largest absolute Gasteiger partial charge is 0.330 e. The maximum atomic E-state index is 13.0. The van der Waals surface area contributed by atoms with E-state index < -0.39 is 0 Å². The first-order valence-corrected chi connectivity index (χ1v) is 11.3. The van der Waals surface area contributed by atoms with E-state index in [1.54, 1.807) is 4.90 Å². The fourth-order valence-electron chi connectivity index (χ4n) is 3.89. The van der Waals surface area contributed by atoms with Crippen molar-refractivity contribution < 1.29 is 9.59 Å². The van der Waals surface area contributed by atoms with Crippen LogP contribution in [0.4, 0.5) is 5.95 Å². The molecule has 0 saturated heterocycles. The average molecular weight is 429 g/mol. The van der Waals surface area contributed by atoms with Crippen LogP contribution in [0.2, 0.25) is 0 Å². The van der Waals surface area contributed by atoms with Crippen LogP contribution < -0.4 is 5.32 Å². The Morgan fingerprint density at radius 2 is 1.59 bits per heavy atom. The molecule has 2 aliphatic carbocycles. The summed E-state index contributed by atoms with van der Waals surface area (Å²) in [4.78, 5) is 32.1. The van der Waals surface area contributed by atoms with Gasteiger partial charge in [0.2, 0.25) is 17.8 Å². The van der Waals surface area contributed by atoms with Crippen LogP contribution in [0.1, 0.15) is 36.8 Å². The van der Waals surface area contributed by atoms with E-state index in [-0.39, 0.29) is 30.3 Å². The second-order valence-electron chi connectivity index (χ2n) is 9.04. The number of nitrogens with zero attached hydrogens (tertiary/aromatic N) is 3. The summed E-state index contributed by atoms with van der Waals surface area (Å²) in [6, 6.07) is 16.5. The van der Waals surface area contributed by atoms with Crippen LogP contribution in [0, 0.1) is 19.8 Å². The van der Waals surface area contributed by atoms with Crippen LogP contribution in [0.25, 0.3) is 16.9 Å². The second-order valence-corrected chi connectivity index (χ2v) is 9.04. The molecule has 6 heteroatoms. The van der Waals surface area contributed by atoms with Crippen LogP contribution in [0.15, 0.2) is 54.7 Å². The minimum Gasteiger partial charge on any atom is -0.330 e. The van der Waals surface area contributed by atoms with E-state index in [9.17, 15) is 9.59 Å². The van der Waals surface area contributed by atoms with Gasteiger partial charge in [0, 0.05) is 29.4 Å². The predicted molar refractivity (Wildman–Crippen MR) is 125 cm³/mol. The summed E-state index contributed by atoms with van der Waals surface area (Å²) in [6.07, 6.45) is 5.81. The quantitative estimate of drug-likeness (QED) is 0.603. The van der Waals surface area contributed by atoms with E-state index >= 15 is 0 Å². The maximum Gasteiger partial charge on any atom is 0.246 e. The Balaban J connectivity index is 1.42. The SMILES string of the molecule is Cc1ccc(-c2cn(-c3ccc(C)cc3)c(NC(=O)CN(C(=O)C3CC3)C3CC3)n2)cc1. The van der Waals surface area contributed by atoms with Gasteiger partial charge in [-0.05, 0) is 51.7 Å². The minimum atomic E-state index is -0.208. The molecule has 0 radical (unpaired) electrons. The van der Waals surface area contributed by atoms with Crippen molar-refractivity contribution in [2.75, 3.05) is 11.9 Å². The Morgan fingerprint density at radius 3 is 2.19 bits per heavy atom. The molecular weight excluding hydrogens is 400 g/mol. The average Bonchev–Trinajstić information content (AvgIpc) is 3.70. The van der Waals surface area contributed by atoms with E-state index in [1.165, 1.54) is 5.56 Å². The Kier molecular flexibility index (Phi) is 5.29. The van der Waals surface area contributed by atoms with Crippen molar-refractivity contribution in [3.63, 3.8) is 0 Å². The van der Waals surface area contributed by atoms with E-state index in [1.807, 2.05) is 54.1 Å². The standard InChI is InChI=1S/C26H28N4O2/c1-17-3-7-19(8-4-17)23-15-30(22-11-5-18(2)6-12-22)26(27-23)28-24(31)16-29(21-13-14-21)25(32)20-9-10-20/h3-8,11-12,15,20-21H,9-10,13-14,16H2,1-2H3,(H,27,28,31). The summed E-state index contributed by atoms with van der Waals surface area (Å²) in [7, 11) is 0. The molecule has 0 unspecified atom stereocenters. The number of benzene rings is 2. The van der Waals surface area contributed by atoms with Gasteiger partial charge in [-0.1, -0.05) is 47.5 Å². The lowest BCUT2D eigenvalue weighted by atomic mass is 10.1. The summed E-state index contributed by atoms with van der Waals surface area (Å²) in [5.41, 5.74) is 5.04. The highest BCUT2D eigenvalue weighted by Gasteiger charge is 2.40. The van der Waals surface area contributed by atoms with Crippen LogP contribution in [-0.4, -0.2) is 38.9 Å². The summed E-state index contributed by atoms with van der Waals surface area (Å²) < 4.78 is 1.90. The zero-order chi connectivity index (χ0) is 22.2. The van der Waals surface area contributed by atoms with Gasteiger partial charge in [-0.25, -0.2) is 4.98 Å². The molecule has 2 aromatic carbocycles. The van der Waals surface area contributed by atoms with Gasteiger partial charge in [-0.15, -0.1) is 0 Å². The molecule has 2 amide bonds. The van der Waals surface area contributed by atoms with Crippen molar-refractivity contribution >= 4 is 17.8 Å². The Morgan fingerprint density at radius 1 is 0.969 bits per heavy atom. The number of anilines is 1. The predicted octanol–water partition coefficient (Wildman–Crippen LogP) is 4.50. The molecule has 1 heterocycles. The smallest absolute Gasteiger partial charge is 0.246 e. The number of amides is 2. The normalized spacial score (nSPS) is 15.4. The fraction of sp³-hybridized carbons (Fsp3) is 0.346. The van der Waals surface area contributed by atoms with Crippen molar-refractivity contribution in [3.05, 3.63) is 65.9 Å². The third-order valence-corrected chi connectivity index (χ3v) is 6.13. The van der Waals surface area contributed by atoms with Crippen LogP contribution >= 0.6 is 0 Å². The number of carbonyl (C=O) groups excluding carboxylic acids is 2. The van der Waals surface area contributed by atoms with Gasteiger partial charge >= 0.3 is 0 Å². The highest BCUT2D eigenvalue weighted by Crippen LogP contribution is 2.36. The molecule has 1 aromatic heterocycles. The van der Waals surface area contributed by atoms with Gasteiger partial charge in [0.15, 0.2) is 0 Å². The minimum absolute atomic E-state index is 0.0840. The zero-order valence-electron chi connectivity index (χ0n) is 18.5. The number of rotatable bonds is 7. The van der Waals surface area contributed by atoms with Crippen molar-refractivity contribution in [2.24, 2.45) is 5.92 Å². The van der Waals surface area contributed by atoms with Crippen molar-refractivity contribution in [2.45, 2.75) is 45.6 Å². The zero-order valence-corrected chi connectivity index (χ0v) is 18.5. The lowest BCUT2D eigenvalue weighted by molar-refractivity contribution is -0.136. The number of hydrogen-bond acceptors (Lipinski definition) is 3. The molecule has 2 saturated carbocycles. The molecule has 0 atom stereocenters. The van der Waals surface area contributed by atoms with Crippen molar-refractivity contribution in [1.29, 1.82) is 0 Å². The van der Waals surface area contributed by atoms with Crippen LogP contribution in [-0.2, 0) is 9.59 Å². The molecule has 0 spiro atoms.